The van der Waals surface area contributed by atoms with Crippen molar-refractivity contribution in [2.24, 2.45) is 0 Å². The number of aromatic nitrogens is 2. The molecule has 0 aliphatic rings. The molecule has 11 heteroatoms. The lowest BCUT2D eigenvalue weighted by Gasteiger charge is -2.14. The van der Waals surface area contributed by atoms with Crippen molar-refractivity contribution in [2.45, 2.75) is 32.9 Å². The average Bonchev–Trinajstić information content (AvgIpc) is 3.40. The molecule has 3 aromatic carbocycles. The molecule has 5 aromatic rings. The summed E-state index contributed by atoms with van der Waals surface area (Å²) >= 11 is 0. The highest BCUT2D eigenvalue weighted by molar-refractivity contribution is 6.04. The maximum absolute atomic E-state index is 13.0. The van der Waals surface area contributed by atoms with Crippen molar-refractivity contribution in [3.05, 3.63) is 71.9 Å². The minimum Gasteiger partial charge on any atom is -0.497 e. The lowest BCUT2D eigenvalue weighted by atomic mass is 10.0. The van der Waals surface area contributed by atoms with Gasteiger partial charge in [0.15, 0.2) is 11.7 Å². The number of carboxylic acids is 1. The summed E-state index contributed by atoms with van der Waals surface area (Å²) in [5.74, 6) is -0.513. The van der Waals surface area contributed by atoms with Crippen LogP contribution in [0.2, 0.25) is 0 Å². The van der Waals surface area contributed by atoms with Crippen LogP contribution in [0.1, 0.15) is 18.2 Å². The molecule has 0 fully saturated rings. The second-order valence-electron chi connectivity index (χ2n) is 8.91. The molecule has 0 saturated carbocycles. The van der Waals surface area contributed by atoms with E-state index in [2.05, 4.69) is 9.89 Å². The predicted molar refractivity (Wildman–Crippen MR) is 136 cm³/mol. The summed E-state index contributed by atoms with van der Waals surface area (Å²) in [6.07, 6.45) is -5.90. The summed E-state index contributed by atoms with van der Waals surface area (Å²) < 4.78 is 61.4. The van der Waals surface area contributed by atoms with Crippen molar-refractivity contribution in [3.63, 3.8) is 0 Å². The summed E-state index contributed by atoms with van der Waals surface area (Å²) in [6.45, 7) is 3.52. The van der Waals surface area contributed by atoms with Gasteiger partial charge in [-0.15, -0.1) is 13.2 Å². The standard InChI is InChI=1S/C28H23F3N2O6/c1-15-25(26-22-10-7-18(36-3)13-24(22)39-32-26)21-9-8-20(38-28(29,30)31)12-23(21)33(15)14-17-5-4-6-19(11-17)37-16(2)27(34)35/h4-13,16H,14H2,1-3H3,(H,34,35)/t16-/m0/s1. The number of aliphatic carboxylic acids is 1. The van der Waals surface area contributed by atoms with Crippen molar-refractivity contribution >= 4 is 27.8 Å². The topological polar surface area (TPSA) is 96.0 Å². The number of rotatable bonds is 8. The third-order valence-electron chi connectivity index (χ3n) is 6.35. The quantitative estimate of drug-likeness (QED) is 0.238. The third kappa shape index (κ3) is 5.20. The predicted octanol–water partition coefficient (Wildman–Crippen LogP) is 6.57. The van der Waals surface area contributed by atoms with Gasteiger partial charge in [-0.2, -0.15) is 0 Å². The zero-order valence-corrected chi connectivity index (χ0v) is 21.1. The number of hydrogen-bond donors (Lipinski definition) is 1. The Bertz CT molecular complexity index is 1690. The van der Waals surface area contributed by atoms with Crippen LogP contribution in [0.4, 0.5) is 13.2 Å². The summed E-state index contributed by atoms with van der Waals surface area (Å²) in [7, 11) is 1.54. The molecular weight excluding hydrogens is 517 g/mol. The molecule has 0 aliphatic heterocycles. The monoisotopic (exact) mass is 540 g/mol. The minimum atomic E-state index is -4.85. The van der Waals surface area contributed by atoms with E-state index in [0.717, 1.165) is 11.3 Å². The minimum absolute atomic E-state index is 0.250. The number of hydrogen-bond acceptors (Lipinski definition) is 6. The summed E-state index contributed by atoms with van der Waals surface area (Å²) in [5, 5.41) is 14.8. The van der Waals surface area contributed by atoms with Crippen LogP contribution in [0.5, 0.6) is 17.2 Å². The molecule has 2 aromatic heterocycles. The number of ether oxygens (including phenoxy) is 3. The fourth-order valence-corrected chi connectivity index (χ4v) is 4.54. The molecule has 0 bridgehead atoms. The Kier molecular flexibility index (Phi) is 6.59. The molecular formula is C28H23F3N2O6. The first-order valence-corrected chi connectivity index (χ1v) is 11.8. The van der Waals surface area contributed by atoms with Gasteiger partial charge in [0.2, 0.25) is 0 Å². The molecule has 0 unspecified atom stereocenters. The number of alkyl halides is 3. The first-order valence-electron chi connectivity index (χ1n) is 11.8. The lowest BCUT2D eigenvalue weighted by Crippen LogP contribution is -2.22. The van der Waals surface area contributed by atoms with Crippen LogP contribution >= 0.6 is 0 Å². The van der Waals surface area contributed by atoms with Crippen molar-refractivity contribution in [2.75, 3.05) is 7.11 Å². The first kappa shape index (κ1) is 26.0. The average molecular weight is 540 g/mol. The van der Waals surface area contributed by atoms with Gasteiger partial charge in [0.1, 0.15) is 22.9 Å². The van der Waals surface area contributed by atoms with E-state index in [9.17, 15) is 18.0 Å². The highest BCUT2D eigenvalue weighted by Crippen LogP contribution is 2.40. The zero-order valence-electron chi connectivity index (χ0n) is 21.1. The molecule has 0 spiro atoms. The largest absolute Gasteiger partial charge is 0.573 e. The second-order valence-corrected chi connectivity index (χ2v) is 8.91. The van der Waals surface area contributed by atoms with E-state index < -0.39 is 18.4 Å². The van der Waals surface area contributed by atoms with E-state index in [4.69, 9.17) is 19.1 Å². The normalized spacial score (nSPS) is 12.6. The van der Waals surface area contributed by atoms with Crippen molar-refractivity contribution in [1.82, 2.24) is 9.72 Å². The molecule has 0 radical (unpaired) electrons. The van der Waals surface area contributed by atoms with E-state index in [1.807, 2.05) is 23.6 Å². The zero-order chi connectivity index (χ0) is 27.9. The number of carboxylic acid groups (broad SMARTS) is 1. The van der Waals surface area contributed by atoms with E-state index in [1.54, 1.807) is 43.5 Å². The number of fused-ring (bicyclic) bond motifs is 2. The highest BCUT2D eigenvalue weighted by Gasteiger charge is 2.31. The van der Waals surface area contributed by atoms with Gasteiger partial charge in [0.25, 0.3) is 0 Å². The Labute approximate surface area is 220 Å². The Morgan fingerprint density at radius 2 is 1.79 bits per heavy atom. The summed E-state index contributed by atoms with van der Waals surface area (Å²) in [4.78, 5) is 11.2. The van der Waals surface area contributed by atoms with E-state index >= 15 is 0 Å². The number of carbonyl (C=O) groups is 1. The second kappa shape index (κ2) is 9.90. The van der Waals surface area contributed by atoms with Gasteiger partial charge in [-0.25, -0.2) is 4.79 Å². The Hall–Kier alpha value is -4.67. The Balaban J connectivity index is 1.65. The molecule has 39 heavy (non-hydrogen) atoms. The van der Waals surface area contributed by atoms with Crippen LogP contribution in [0, 0.1) is 6.92 Å². The molecule has 2 heterocycles. The van der Waals surface area contributed by atoms with Gasteiger partial charge in [0, 0.05) is 35.3 Å². The first-order chi connectivity index (χ1) is 18.5. The number of benzene rings is 3. The van der Waals surface area contributed by atoms with Crippen molar-refractivity contribution < 1.29 is 41.8 Å². The highest BCUT2D eigenvalue weighted by atomic mass is 19.4. The molecule has 1 N–H and O–H groups in total. The third-order valence-corrected chi connectivity index (χ3v) is 6.35. The van der Waals surface area contributed by atoms with Crippen molar-refractivity contribution in [1.29, 1.82) is 0 Å². The van der Waals surface area contributed by atoms with Gasteiger partial charge in [-0.1, -0.05) is 17.3 Å². The van der Waals surface area contributed by atoms with Crippen LogP contribution < -0.4 is 14.2 Å². The van der Waals surface area contributed by atoms with Crippen LogP contribution in [0.15, 0.2) is 65.2 Å². The van der Waals surface area contributed by atoms with Gasteiger partial charge >= 0.3 is 12.3 Å². The maximum Gasteiger partial charge on any atom is 0.573 e. The molecule has 202 valence electrons. The van der Waals surface area contributed by atoms with Gasteiger partial charge in [-0.05, 0) is 55.8 Å². The van der Waals surface area contributed by atoms with E-state index in [-0.39, 0.29) is 12.3 Å². The van der Waals surface area contributed by atoms with Crippen LogP contribution in [-0.2, 0) is 11.3 Å². The summed E-state index contributed by atoms with van der Waals surface area (Å²) in [6, 6.07) is 16.3. The van der Waals surface area contributed by atoms with Gasteiger partial charge in [-0.3, -0.25) is 0 Å². The van der Waals surface area contributed by atoms with Gasteiger partial charge in [0.05, 0.1) is 18.0 Å². The maximum atomic E-state index is 13.0. The fraction of sp³-hybridized carbons (Fsp3) is 0.214. The van der Waals surface area contributed by atoms with Crippen molar-refractivity contribution in [3.8, 4) is 28.5 Å². The molecule has 0 amide bonds. The molecule has 8 nitrogen and oxygen atoms in total. The Morgan fingerprint density at radius 1 is 1.05 bits per heavy atom. The molecule has 1 atom stereocenters. The smallest absolute Gasteiger partial charge is 0.497 e. The van der Waals surface area contributed by atoms with E-state index in [0.29, 0.717) is 44.6 Å². The molecule has 5 rings (SSSR count). The number of methoxy groups -OCH3 is 1. The molecule has 0 saturated heterocycles. The SMILES string of the molecule is COc1ccc2c(-c3c(C)n(Cc4cccc(O[C@@H](C)C(=O)O)c4)c4cc(OC(F)(F)F)ccc34)noc2c1. The molecule has 0 aliphatic carbocycles. The van der Waals surface area contributed by atoms with Crippen LogP contribution in [-0.4, -0.2) is 40.4 Å². The van der Waals surface area contributed by atoms with E-state index in [1.165, 1.54) is 19.1 Å². The van der Waals surface area contributed by atoms with Crippen LogP contribution in [0.3, 0.4) is 0 Å². The fourth-order valence-electron chi connectivity index (χ4n) is 4.54. The van der Waals surface area contributed by atoms with Crippen LogP contribution in [0.25, 0.3) is 33.1 Å². The number of halogens is 3. The Morgan fingerprint density at radius 3 is 2.51 bits per heavy atom. The lowest BCUT2D eigenvalue weighted by molar-refractivity contribution is -0.274. The van der Waals surface area contributed by atoms with Gasteiger partial charge < -0.3 is 28.4 Å². The number of nitrogens with zero attached hydrogens (tertiary/aromatic N) is 2. The summed E-state index contributed by atoms with van der Waals surface area (Å²) in [5.41, 5.74) is 3.68.